The third kappa shape index (κ3) is 11.0. The van der Waals surface area contributed by atoms with Crippen LogP contribution in [0, 0.1) is 0 Å². The van der Waals surface area contributed by atoms with E-state index in [4.69, 9.17) is 22.1 Å². The number of ether oxygens (including phenoxy) is 1. The molecule has 1 aromatic carbocycles. The zero-order valence-electron chi connectivity index (χ0n) is 24.9. The van der Waals surface area contributed by atoms with E-state index in [1.165, 1.54) is 22.5 Å². The van der Waals surface area contributed by atoms with E-state index in [9.17, 15) is 4.39 Å². The summed E-state index contributed by atoms with van der Waals surface area (Å²) in [6, 6.07) is 14.8. The van der Waals surface area contributed by atoms with E-state index < -0.39 is 48.4 Å². The fourth-order valence-electron chi connectivity index (χ4n) is 4.81. The van der Waals surface area contributed by atoms with Crippen molar-refractivity contribution in [1.29, 1.82) is 0 Å². The lowest BCUT2D eigenvalue weighted by Gasteiger charge is -2.37. The van der Waals surface area contributed by atoms with Crippen LogP contribution in [0.25, 0.3) is 0 Å². The van der Waals surface area contributed by atoms with Crippen LogP contribution in [-0.2, 0) is 22.1 Å². The van der Waals surface area contributed by atoms with Gasteiger partial charge in [-0.3, -0.25) is 0 Å². The Balaban J connectivity index is 2.75. The largest absolute Gasteiger partial charge is 0.499 e. The van der Waals surface area contributed by atoms with Gasteiger partial charge < -0.3 is 22.1 Å². The Hall–Kier alpha value is 0.0344. The van der Waals surface area contributed by atoms with Crippen LogP contribution in [-0.4, -0.2) is 76.4 Å². The first-order chi connectivity index (χ1) is 16.6. The molecular formula is C25H53FO5Si5. The summed E-state index contributed by atoms with van der Waals surface area (Å²) < 4.78 is 40.9. The number of rotatable bonds is 18. The summed E-state index contributed by atoms with van der Waals surface area (Å²) in [5.74, 6) is 0. The van der Waals surface area contributed by atoms with Crippen molar-refractivity contribution in [3.05, 3.63) is 24.3 Å². The Morgan fingerprint density at radius 3 is 1.44 bits per heavy atom. The van der Waals surface area contributed by atoms with Crippen LogP contribution in [0.3, 0.4) is 0 Å². The van der Waals surface area contributed by atoms with E-state index in [-0.39, 0.29) is 0 Å². The first-order valence-electron chi connectivity index (χ1n) is 13.2. The van der Waals surface area contributed by atoms with Gasteiger partial charge in [-0.2, -0.15) is 0 Å². The molecule has 0 aliphatic carbocycles. The molecule has 0 fully saturated rings. The first kappa shape index (κ1) is 34.1. The van der Waals surface area contributed by atoms with Crippen LogP contribution < -0.4 is 10.4 Å². The van der Waals surface area contributed by atoms with Gasteiger partial charge >= 0.3 is 8.80 Å². The smallest absolute Gasteiger partial charge is 0.456 e. The van der Waals surface area contributed by atoms with Gasteiger partial charge in [-0.1, -0.05) is 72.9 Å². The maximum Gasteiger partial charge on any atom is 0.499 e. The van der Waals surface area contributed by atoms with Crippen LogP contribution in [0.4, 0.5) is 4.39 Å². The first-order valence-corrected chi connectivity index (χ1v) is 27.8. The Bertz CT molecular complexity index is 762. The van der Waals surface area contributed by atoms with Gasteiger partial charge in [-0.05, 0) is 44.7 Å². The molecule has 5 nitrogen and oxygen atoms in total. The summed E-state index contributed by atoms with van der Waals surface area (Å²) in [4.78, 5) is 0. The van der Waals surface area contributed by atoms with E-state index in [0.717, 1.165) is 24.6 Å². The molecule has 0 aliphatic rings. The zero-order chi connectivity index (χ0) is 27.7. The van der Waals surface area contributed by atoms with Gasteiger partial charge in [0, 0.05) is 34.0 Å². The fraction of sp³-hybridized carbons (Fsp3) is 0.760. The molecule has 0 atom stereocenters. The highest BCUT2D eigenvalue weighted by Crippen LogP contribution is 2.29. The highest BCUT2D eigenvalue weighted by atomic mass is 28.4. The van der Waals surface area contributed by atoms with Gasteiger partial charge in [0.05, 0.1) is 16.1 Å². The molecule has 0 aliphatic heterocycles. The standard InChI is InChI=1S/C25H53FO5Si5/c1-27-36(28-2,29-3)22-21-35(10,11)31-34(8,9)20-19-33(6,7)25-15-13-24(14-16-25)32(4,5)18-12-17-30-23-26/h13-16H,12,17-23H2,1-11H3. The predicted octanol–water partition coefficient (Wildman–Crippen LogP) is 6.16. The van der Waals surface area contributed by atoms with Crippen molar-refractivity contribution in [3.8, 4) is 0 Å². The predicted molar refractivity (Wildman–Crippen MR) is 164 cm³/mol. The molecule has 0 unspecified atom stereocenters. The molecule has 11 heteroatoms. The number of hydrogen-bond acceptors (Lipinski definition) is 5. The Morgan fingerprint density at radius 2 is 1.03 bits per heavy atom. The van der Waals surface area contributed by atoms with E-state index in [0.29, 0.717) is 6.61 Å². The normalized spacial score (nSPS) is 13.9. The summed E-state index contributed by atoms with van der Waals surface area (Å²) in [6.07, 6.45) is 0.927. The molecule has 0 saturated carbocycles. The molecule has 0 radical (unpaired) electrons. The van der Waals surface area contributed by atoms with Crippen LogP contribution in [0.2, 0.25) is 82.6 Å². The second-order valence-electron chi connectivity index (χ2n) is 12.4. The highest BCUT2D eigenvalue weighted by Gasteiger charge is 2.42. The van der Waals surface area contributed by atoms with Gasteiger partial charge in [0.25, 0.3) is 0 Å². The molecule has 36 heavy (non-hydrogen) atoms. The van der Waals surface area contributed by atoms with Crippen LogP contribution >= 0.6 is 0 Å². The van der Waals surface area contributed by atoms with Gasteiger partial charge in [0.1, 0.15) is 0 Å². The lowest BCUT2D eigenvalue weighted by atomic mass is 10.4. The molecular weight excluding hydrogens is 540 g/mol. The quantitative estimate of drug-likeness (QED) is 0.151. The summed E-state index contributed by atoms with van der Waals surface area (Å²) in [5, 5.41) is 3.00. The molecule has 210 valence electrons. The van der Waals surface area contributed by atoms with E-state index in [2.05, 4.69) is 76.6 Å². The molecule has 0 amide bonds. The maximum atomic E-state index is 12.2. The Kier molecular flexibility index (Phi) is 13.7. The number of benzene rings is 1. The molecule has 0 saturated heterocycles. The minimum absolute atomic E-state index is 0.514. The average Bonchev–Trinajstić information content (AvgIpc) is 2.81. The molecule has 0 spiro atoms. The SMILES string of the molecule is CO[Si](CC[Si](C)(C)O[Si](C)(C)CC[Si](C)(C)c1ccc([Si](C)(C)CCCOCF)cc1)(OC)OC. The van der Waals surface area contributed by atoms with Gasteiger partial charge in [-0.25, -0.2) is 4.39 Å². The van der Waals surface area contributed by atoms with Crippen LogP contribution in [0.1, 0.15) is 6.42 Å². The van der Waals surface area contributed by atoms with E-state index in [1.54, 1.807) is 21.3 Å². The van der Waals surface area contributed by atoms with Crippen LogP contribution in [0.15, 0.2) is 24.3 Å². The monoisotopic (exact) mass is 592 g/mol. The van der Waals surface area contributed by atoms with E-state index >= 15 is 0 Å². The Morgan fingerprint density at radius 1 is 0.611 bits per heavy atom. The topological polar surface area (TPSA) is 46.2 Å². The Labute approximate surface area is 226 Å². The number of halogens is 1. The maximum absolute atomic E-state index is 12.2. The van der Waals surface area contributed by atoms with Gasteiger partial charge in [-0.15, -0.1) is 0 Å². The zero-order valence-corrected chi connectivity index (χ0v) is 29.9. The van der Waals surface area contributed by atoms with Gasteiger partial charge in [0.15, 0.2) is 23.5 Å². The minimum atomic E-state index is -2.57. The van der Waals surface area contributed by atoms with Crippen molar-refractivity contribution in [2.45, 2.75) is 89.0 Å². The van der Waals surface area contributed by atoms with Crippen molar-refractivity contribution in [2.24, 2.45) is 0 Å². The molecule has 0 N–H and O–H groups in total. The number of hydrogen-bond donors (Lipinski definition) is 0. The molecule has 0 bridgehead atoms. The summed E-state index contributed by atoms with van der Waals surface area (Å²) in [7, 11) is -4.32. The third-order valence-corrected chi connectivity index (χ3v) is 25.4. The molecule has 0 aromatic heterocycles. The lowest BCUT2D eigenvalue weighted by Crippen LogP contribution is -2.50. The van der Waals surface area contributed by atoms with Crippen molar-refractivity contribution in [3.63, 3.8) is 0 Å². The van der Waals surface area contributed by atoms with E-state index in [1.807, 2.05) is 0 Å². The summed E-state index contributed by atoms with van der Waals surface area (Å²) in [5.41, 5.74) is 0. The van der Waals surface area contributed by atoms with Crippen LogP contribution in [0.5, 0.6) is 0 Å². The molecule has 1 aromatic rings. The summed E-state index contributed by atoms with van der Waals surface area (Å²) in [6.45, 7) is 19.0. The molecule has 1 rings (SSSR count). The van der Waals surface area contributed by atoms with Crippen molar-refractivity contribution < 1.29 is 26.5 Å². The van der Waals surface area contributed by atoms with Crippen molar-refractivity contribution in [1.82, 2.24) is 0 Å². The fourth-order valence-corrected chi connectivity index (χ4v) is 25.0. The highest BCUT2D eigenvalue weighted by molar-refractivity contribution is 6.92. The second-order valence-corrected chi connectivity index (χ2v) is 34.0. The third-order valence-electron chi connectivity index (χ3n) is 7.49. The van der Waals surface area contributed by atoms with Gasteiger partial charge in [0.2, 0.25) is 0 Å². The summed E-state index contributed by atoms with van der Waals surface area (Å²) >= 11 is 0. The average molecular weight is 593 g/mol. The minimum Gasteiger partial charge on any atom is -0.456 e. The lowest BCUT2D eigenvalue weighted by molar-refractivity contribution is 0.0583. The van der Waals surface area contributed by atoms with Crippen molar-refractivity contribution >= 4 is 52.0 Å². The number of alkyl halides is 1. The van der Waals surface area contributed by atoms with Crippen molar-refractivity contribution in [2.75, 3.05) is 34.8 Å². The molecule has 0 heterocycles. The second kappa shape index (κ2) is 14.4.